The number of aromatic nitrogens is 1. The topological polar surface area (TPSA) is 37.4 Å². The summed E-state index contributed by atoms with van der Waals surface area (Å²) in [5.74, 6) is 1.11. The van der Waals surface area contributed by atoms with E-state index in [1.807, 2.05) is 6.20 Å². The third kappa shape index (κ3) is 2.42. The van der Waals surface area contributed by atoms with E-state index in [0.29, 0.717) is 0 Å². The molecule has 2 aliphatic heterocycles. The Morgan fingerprint density at radius 3 is 2.82 bits per heavy atom. The third-order valence-electron chi connectivity index (χ3n) is 3.50. The Labute approximate surface area is 102 Å². The van der Waals surface area contributed by atoms with Crippen LogP contribution in [0.4, 0.5) is 5.82 Å². The molecule has 3 heterocycles. The van der Waals surface area contributed by atoms with Crippen LogP contribution in [0.5, 0.6) is 0 Å². The highest BCUT2D eigenvalue weighted by molar-refractivity contribution is 5.40. The summed E-state index contributed by atoms with van der Waals surface area (Å²) in [5, 5.41) is 3.34. The number of pyridine rings is 1. The molecule has 1 aromatic heterocycles. The second kappa shape index (κ2) is 5.02. The average Bonchev–Trinajstić information content (AvgIpc) is 2.94. The van der Waals surface area contributed by atoms with Crippen molar-refractivity contribution >= 4 is 5.82 Å². The average molecular weight is 233 g/mol. The van der Waals surface area contributed by atoms with E-state index in [9.17, 15) is 0 Å². The van der Waals surface area contributed by atoms with Gasteiger partial charge in [0.2, 0.25) is 0 Å². The molecule has 2 aliphatic rings. The van der Waals surface area contributed by atoms with Gasteiger partial charge in [0, 0.05) is 37.9 Å². The third-order valence-corrected chi connectivity index (χ3v) is 3.50. The first-order chi connectivity index (χ1) is 8.43. The number of hydrogen-bond donors (Lipinski definition) is 1. The van der Waals surface area contributed by atoms with Crippen molar-refractivity contribution in [3.05, 3.63) is 23.9 Å². The van der Waals surface area contributed by atoms with Crippen molar-refractivity contribution in [1.29, 1.82) is 0 Å². The maximum Gasteiger partial charge on any atom is 0.128 e. The van der Waals surface area contributed by atoms with E-state index in [1.165, 1.54) is 18.4 Å². The molecule has 1 N–H and O–H groups in total. The van der Waals surface area contributed by atoms with Gasteiger partial charge in [0.25, 0.3) is 0 Å². The minimum absolute atomic E-state index is 0.170. The predicted molar refractivity (Wildman–Crippen MR) is 67.2 cm³/mol. The van der Waals surface area contributed by atoms with Crippen molar-refractivity contribution in [2.45, 2.75) is 18.9 Å². The zero-order valence-electron chi connectivity index (χ0n) is 10.1. The Balaban J connectivity index is 1.70. The van der Waals surface area contributed by atoms with Crippen LogP contribution >= 0.6 is 0 Å². The molecule has 0 spiro atoms. The van der Waals surface area contributed by atoms with Crippen LogP contribution in [0.2, 0.25) is 0 Å². The van der Waals surface area contributed by atoms with Gasteiger partial charge in [0.1, 0.15) is 5.82 Å². The van der Waals surface area contributed by atoms with Gasteiger partial charge in [-0.1, -0.05) is 6.07 Å². The fraction of sp³-hybridized carbons (Fsp3) is 0.615. The first kappa shape index (κ1) is 11.0. The van der Waals surface area contributed by atoms with Crippen LogP contribution < -0.4 is 10.2 Å². The number of morpholine rings is 1. The second-order valence-corrected chi connectivity index (χ2v) is 4.71. The first-order valence-electron chi connectivity index (χ1n) is 6.47. The van der Waals surface area contributed by atoms with Crippen LogP contribution in [0.15, 0.2) is 18.3 Å². The molecule has 92 valence electrons. The van der Waals surface area contributed by atoms with Gasteiger partial charge in [-0.3, -0.25) is 0 Å². The number of ether oxygens (including phenoxy) is 1. The molecule has 0 radical (unpaired) electrons. The van der Waals surface area contributed by atoms with Gasteiger partial charge in [0.15, 0.2) is 0 Å². The number of hydrogen-bond acceptors (Lipinski definition) is 4. The molecule has 0 aliphatic carbocycles. The molecule has 17 heavy (non-hydrogen) atoms. The zero-order chi connectivity index (χ0) is 11.5. The summed E-state index contributed by atoms with van der Waals surface area (Å²) < 4.78 is 5.71. The van der Waals surface area contributed by atoms with Gasteiger partial charge >= 0.3 is 0 Å². The molecule has 4 nitrogen and oxygen atoms in total. The van der Waals surface area contributed by atoms with Crippen LogP contribution in [0, 0.1) is 0 Å². The Bertz CT molecular complexity index is 353. The quantitative estimate of drug-likeness (QED) is 0.836. The van der Waals surface area contributed by atoms with Crippen molar-refractivity contribution in [2.75, 3.05) is 37.7 Å². The highest BCUT2D eigenvalue weighted by Gasteiger charge is 2.17. The molecular weight excluding hydrogens is 214 g/mol. The van der Waals surface area contributed by atoms with E-state index in [4.69, 9.17) is 4.74 Å². The maximum absolute atomic E-state index is 5.71. The largest absolute Gasteiger partial charge is 0.371 e. The van der Waals surface area contributed by atoms with Gasteiger partial charge in [-0.15, -0.1) is 0 Å². The smallest absolute Gasteiger partial charge is 0.128 e. The predicted octanol–water partition coefficient (Wildman–Crippen LogP) is 1.34. The Morgan fingerprint density at radius 1 is 1.29 bits per heavy atom. The fourth-order valence-electron chi connectivity index (χ4n) is 2.50. The van der Waals surface area contributed by atoms with Crippen molar-refractivity contribution in [2.24, 2.45) is 0 Å². The van der Waals surface area contributed by atoms with E-state index in [0.717, 1.165) is 38.6 Å². The van der Waals surface area contributed by atoms with E-state index >= 15 is 0 Å². The molecule has 1 aromatic rings. The van der Waals surface area contributed by atoms with Gasteiger partial charge in [0.05, 0.1) is 12.7 Å². The van der Waals surface area contributed by atoms with Crippen molar-refractivity contribution in [1.82, 2.24) is 10.3 Å². The lowest BCUT2D eigenvalue weighted by atomic mass is 10.1. The highest BCUT2D eigenvalue weighted by atomic mass is 16.5. The molecule has 0 bridgehead atoms. The standard InChI is InChI=1S/C13H19N3O/c1-2-7-16(6-1)13-4-3-11(9-15-13)12-10-14-5-8-17-12/h3-4,9,12,14H,1-2,5-8,10H2. The van der Waals surface area contributed by atoms with Gasteiger partial charge in [-0.2, -0.15) is 0 Å². The highest BCUT2D eigenvalue weighted by Crippen LogP contribution is 2.22. The number of nitrogens with zero attached hydrogens (tertiary/aromatic N) is 2. The Kier molecular flexibility index (Phi) is 3.25. The lowest BCUT2D eigenvalue weighted by molar-refractivity contribution is 0.0275. The number of anilines is 1. The monoisotopic (exact) mass is 233 g/mol. The maximum atomic E-state index is 5.71. The molecule has 2 saturated heterocycles. The number of nitrogens with one attached hydrogen (secondary N) is 1. The summed E-state index contributed by atoms with van der Waals surface area (Å²) in [6.45, 7) is 4.93. The zero-order valence-corrected chi connectivity index (χ0v) is 10.1. The van der Waals surface area contributed by atoms with Crippen molar-refractivity contribution in [3.8, 4) is 0 Å². The van der Waals surface area contributed by atoms with Crippen LogP contribution in [0.25, 0.3) is 0 Å². The lowest BCUT2D eigenvalue weighted by Crippen LogP contribution is -2.33. The summed E-state index contributed by atoms with van der Waals surface area (Å²) >= 11 is 0. The van der Waals surface area contributed by atoms with Crippen molar-refractivity contribution < 1.29 is 4.74 Å². The minimum atomic E-state index is 0.170. The summed E-state index contributed by atoms with van der Waals surface area (Å²) in [5.41, 5.74) is 1.18. The molecule has 4 heteroatoms. The first-order valence-corrected chi connectivity index (χ1v) is 6.47. The molecule has 0 saturated carbocycles. The van der Waals surface area contributed by atoms with E-state index < -0.39 is 0 Å². The minimum Gasteiger partial charge on any atom is -0.371 e. The summed E-state index contributed by atoms with van der Waals surface area (Å²) in [6.07, 6.45) is 4.72. The Morgan fingerprint density at radius 2 is 2.18 bits per heavy atom. The summed E-state index contributed by atoms with van der Waals surface area (Å²) in [6, 6.07) is 4.27. The molecular formula is C13H19N3O. The summed E-state index contributed by atoms with van der Waals surface area (Å²) in [4.78, 5) is 6.90. The lowest BCUT2D eigenvalue weighted by Gasteiger charge is -2.24. The second-order valence-electron chi connectivity index (χ2n) is 4.71. The SMILES string of the molecule is c1cc(N2CCCC2)ncc1C1CNCCO1. The van der Waals surface area contributed by atoms with Crippen LogP contribution in [0.1, 0.15) is 24.5 Å². The summed E-state index contributed by atoms with van der Waals surface area (Å²) in [7, 11) is 0. The van der Waals surface area contributed by atoms with E-state index in [2.05, 4.69) is 27.3 Å². The van der Waals surface area contributed by atoms with E-state index in [-0.39, 0.29) is 6.10 Å². The fourth-order valence-corrected chi connectivity index (χ4v) is 2.50. The van der Waals surface area contributed by atoms with E-state index in [1.54, 1.807) is 0 Å². The normalized spacial score (nSPS) is 25.2. The molecule has 1 atom stereocenters. The van der Waals surface area contributed by atoms with Crippen LogP contribution in [-0.4, -0.2) is 37.8 Å². The molecule has 0 amide bonds. The number of rotatable bonds is 2. The molecule has 0 aromatic carbocycles. The molecule has 2 fully saturated rings. The molecule has 1 unspecified atom stereocenters. The van der Waals surface area contributed by atoms with Gasteiger partial charge in [-0.05, 0) is 18.9 Å². The van der Waals surface area contributed by atoms with Gasteiger partial charge in [-0.25, -0.2) is 4.98 Å². The Hall–Kier alpha value is -1.13. The van der Waals surface area contributed by atoms with Crippen LogP contribution in [-0.2, 0) is 4.74 Å². The van der Waals surface area contributed by atoms with Crippen molar-refractivity contribution in [3.63, 3.8) is 0 Å². The molecule has 3 rings (SSSR count). The van der Waals surface area contributed by atoms with Crippen LogP contribution in [0.3, 0.4) is 0 Å². The van der Waals surface area contributed by atoms with Gasteiger partial charge < -0.3 is 15.0 Å².